The molecule has 0 saturated carbocycles. The van der Waals surface area contributed by atoms with Gasteiger partial charge in [-0.2, -0.15) is 0 Å². The fourth-order valence-corrected chi connectivity index (χ4v) is 2.82. The quantitative estimate of drug-likeness (QED) is 0.777. The number of hydrogen-bond acceptors (Lipinski definition) is 1. The number of nitrogens with one attached hydrogen (secondary N) is 1. The summed E-state index contributed by atoms with van der Waals surface area (Å²) in [6, 6.07) is 16.1. The zero-order valence-corrected chi connectivity index (χ0v) is 13.2. The second kappa shape index (κ2) is 6.24. The standard InChI is InChI=1S/C19H19FN2O/c1-13-11-16-5-3-4-6-18(16)22(13)12-19(23)21-14(2)15-7-9-17(20)10-8-15/h3-11,14H,12H2,1-2H3,(H,21,23)/t14-/m0/s1. The lowest BCUT2D eigenvalue weighted by atomic mass is 10.1. The van der Waals surface area contributed by atoms with Crippen LogP contribution in [0.5, 0.6) is 0 Å². The number of halogens is 1. The van der Waals surface area contributed by atoms with Gasteiger partial charge in [-0.25, -0.2) is 4.39 Å². The van der Waals surface area contributed by atoms with Gasteiger partial charge in [0.05, 0.1) is 6.04 Å². The molecular weight excluding hydrogens is 291 g/mol. The number of benzene rings is 2. The van der Waals surface area contributed by atoms with Crippen molar-refractivity contribution in [1.29, 1.82) is 0 Å². The van der Waals surface area contributed by atoms with Crippen molar-refractivity contribution in [3.63, 3.8) is 0 Å². The van der Waals surface area contributed by atoms with E-state index < -0.39 is 0 Å². The minimum absolute atomic E-state index is 0.0636. The van der Waals surface area contributed by atoms with Gasteiger partial charge in [-0.1, -0.05) is 30.3 Å². The lowest BCUT2D eigenvalue weighted by molar-refractivity contribution is -0.122. The molecule has 118 valence electrons. The Labute approximate surface area is 134 Å². The van der Waals surface area contributed by atoms with Crippen LogP contribution in [0.15, 0.2) is 54.6 Å². The highest BCUT2D eigenvalue weighted by Gasteiger charge is 2.12. The molecule has 1 amide bonds. The Balaban J connectivity index is 1.73. The smallest absolute Gasteiger partial charge is 0.240 e. The van der Waals surface area contributed by atoms with Gasteiger partial charge in [-0.3, -0.25) is 4.79 Å². The van der Waals surface area contributed by atoms with Gasteiger partial charge in [0.1, 0.15) is 12.4 Å². The summed E-state index contributed by atoms with van der Waals surface area (Å²) < 4.78 is 15.0. The number of aryl methyl sites for hydroxylation is 1. The number of aromatic nitrogens is 1. The molecule has 3 aromatic rings. The van der Waals surface area contributed by atoms with Crippen molar-refractivity contribution in [2.24, 2.45) is 0 Å². The van der Waals surface area contributed by atoms with Gasteiger partial charge in [0.25, 0.3) is 0 Å². The van der Waals surface area contributed by atoms with Crippen LogP contribution in [0.1, 0.15) is 24.2 Å². The van der Waals surface area contributed by atoms with Crippen LogP contribution in [0.3, 0.4) is 0 Å². The van der Waals surface area contributed by atoms with Crippen LogP contribution >= 0.6 is 0 Å². The first-order chi connectivity index (χ1) is 11.0. The maximum atomic E-state index is 13.0. The SMILES string of the molecule is Cc1cc2ccccc2n1CC(=O)N[C@@H](C)c1ccc(F)cc1. The Morgan fingerprint density at radius 2 is 1.87 bits per heavy atom. The number of para-hydroxylation sites is 1. The summed E-state index contributed by atoms with van der Waals surface area (Å²) >= 11 is 0. The van der Waals surface area contributed by atoms with Crippen molar-refractivity contribution in [3.8, 4) is 0 Å². The van der Waals surface area contributed by atoms with Crippen molar-refractivity contribution in [1.82, 2.24) is 9.88 Å². The first kappa shape index (κ1) is 15.3. The predicted molar refractivity (Wildman–Crippen MR) is 89.6 cm³/mol. The molecule has 1 heterocycles. The summed E-state index contributed by atoms with van der Waals surface area (Å²) in [6.45, 7) is 4.16. The second-order valence-corrected chi connectivity index (χ2v) is 5.77. The Morgan fingerprint density at radius 1 is 1.17 bits per heavy atom. The minimum atomic E-state index is -0.276. The average Bonchev–Trinajstić information content (AvgIpc) is 2.84. The van der Waals surface area contributed by atoms with Crippen LogP contribution in [-0.2, 0) is 11.3 Å². The average molecular weight is 310 g/mol. The van der Waals surface area contributed by atoms with Crippen LogP contribution in [0.4, 0.5) is 4.39 Å². The van der Waals surface area contributed by atoms with Crippen LogP contribution in [0.25, 0.3) is 10.9 Å². The first-order valence-electron chi connectivity index (χ1n) is 7.64. The van der Waals surface area contributed by atoms with Crippen LogP contribution in [-0.4, -0.2) is 10.5 Å². The highest BCUT2D eigenvalue weighted by Crippen LogP contribution is 2.19. The van der Waals surface area contributed by atoms with Gasteiger partial charge in [-0.15, -0.1) is 0 Å². The van der Waals surface area contributed by atoms with Crippen LogP contribution < -0.4 is 5.32 Å². The molecule has 1 atom stereocenters. The molecule has 2 aromatic carbocycles. The topological polar surface area (TPSA) is 34.0 Å². The van der Waals surface area contributed by atoms with E-state index in [2.05, 4.69) is 11.4 Å². The summed E-state index contributed by atoms with van der Waals surface area (Å²) in [6.07, 6.45) is 0. The molecule has 3 rings (SSSR count). The molecule has 4 heteroatoms. The Morgan fingerprint density at radius 3 is 2.61 bits per heavy atom. The molecule has 0 aliphatic carbocycles. The van der Waals surface area contributed by atoms with E-state index in [4.69, 9.17) is 0 Å². The third kappa shape index (κ3) is 3.26. The van der Waals surface area contributed by atoms with E-state index in [1.165, 1.54) is 12.1 Å². The number of amides is 1. The number of nitrogens with zero attached hydrogens (tertiary/aromatic N) is 1. The molecule has 3 nitrogen and oxygen atoms in total. The molecule has 0 bridgehead atoms. The number of carbonyl (C=O) groups excluding carboxylic acids is 1. The van der Waals surface area contributed by atoms with Gasteiger partial charge < -0.3 is 9.88 Å². The lowest BCUT2D eigenvalue weighted by Crippen LogP contribution is -2.30. The summed E-state index contributed by atoms with van der Waals surface area (Å²) in [5.41, 5.74) is 2.99. The maximum absolute atomic E-state index is 13.0. The number of fused-ring (bicyclic) bond motifs is 1. The highest BCUT2D eigenvalue weighted by molar-refractivity contribution is 5.84. The zero-order valence-electron chi connectivity index (χ0n) is 13.2. The molecule has 0 aliphatic heterocycles. The molecule has 0 unspecified atom stereocenters. The van der Waals surface area contributed by atoms with Crippen LogP contribution in [0.2, 0.25) is 0 Å². The van der Waals surface area contributed by atoms with Crippen molar-refractivity contribution >= 4 is 16.8 Å². The van der Waals surface area contributed by atoms with E-state index in [9.17, 15) is 9.18 Å². The van der Waals surface area contributed by atoms with Crippen molar-refractivity contribution in [3.05, 3.63) is 71.7 Å². The molecule has 0 aliphatic rings. The molecule has 0 fully saturated rings. The third-order valence-electron chi connectivity index (χ3n) is 4.07. The summed E-state index contributed by atoms with van der Waals surface area (Å²) in [4.78, 5) is 12.4. The van der Waals surface area contributed by atoms with Gasteiger partial charge in [0, 0.05) is 11.2 Å². The fraction of sp³-hybridized carbons (Fsp3) is 0.211. The van der Waals surface area contributed by atoms with Gasteiger partial charge >= 0.3 is 0 Å². The third-order valence-corrected chi connectivity index (χ3v) is 4.07. The van der Waals surface area contributed by atoms with Crippen LogP contribution in [0, 0.1) is 12.7 Å². The van der Waals surface area contributed by atoms with E-state index in [1.54, 1.807) is 12.1 Å². The maximum Gasteiger partial charge on any atom is 0.240 e. The number of carbonyl (C=O) groups is 1. The van der Waals surface area contributed by atoms with E-state index in [1.807, 2.05) is 42.7 Å². The predicted octanol–water partition coefficient (Wildman–Crippen LogP) is 3.97. The Bertz CT molecular complexity index is 836. The summed E-state index contributed by atoms with van der Waals surface area (Å²) in [5.74, 6) is -0.340. The fourth-order valence-electron chi connectivity index (χ4n) is 2.82. The molecular formula is C19H19FN2O. The summed E-state index contributed by atoms with van der Waals surface area (Å²) in [5, 5.41) is 4.09. The normalized spacial score (nSPS) is 12.3. The lowest BCUT2D eigenvalue weighted by Gasteiger charge is -2.15. The van der Waals surface area contributed by atoms with Crippen molar-refractivity contribution in [2.75, 3.05) is 0 Å². The number of rotatable bonds is 4. The molecule has 0 radical (unpaired) electrons. The molecule has 0 saturated heterocycles. The van der Waals surface area contributed by atoms with Crippen molar-refractivity contribution in [2.45, 2.75) is 26.4 Å². The largest absolute Gasteiger partial charge is 0.348 e. The molecule has 1 aromatic heterocycles. The minimum Gasteiger partial charge on any atom is -0.348 e. The monoisotopic (exact) mass is 310 g/mol. The van der Waals surface area contributed by atoms with Gasteiger partial charge in [0.2, 0.25) is 5.91 Å². The zero-order chi connectivity index (χ0) is 16.4. The summed E-state index contributed by atoms with van der Waals surface area (Å²) in [7, 11) is 0. The first-order valence-corrected chi connectivity index (χ1v) is 7.64. The molecule has 0 spiro atoms. The second-order valence-electron chi connectivity index (χ2n) is 5.77. The number of hydrogen-bond donors (Lipinski definition) is 1. The van der Waals surface area contributed by atoms with E-state index >= 15 is 0 Å². The van der Waals surface area contributed by atoms with Crippen molar-refractivity contribution < 1.29 is 9.18 Å². The van der Waals surface area contributed by atoms with E-state index in [-0.39, 0.29) is 24.3 Å². The van der Waals surface area contributed by atoms with Gasteiger partial charge in [0.15, 0.2) is 0 Å². The molecule has 1 N–H and O–H groups in total. The van der Waals surface area contributed by atoms with E-state index in [0.29, 0.717) is 0 Å². The Hall–Kier alpha value is -2.62. The Kier molecular flexibility index (Phi) is 4.15. The molecule has 23 heavy (non-hydrogen) atoms. The van der Waals surface area contributed by atoms with Gasteiger partial charge in [-0.05, 0) is 49.1 Å². The van der Waals surface area contributed by atoms with E-state index in [0.717, 1.165) is 22.2 Å². The highest BCUT2D eigenvalue weighted by atomic mass is 19.1.